The monoisotopic (exact) mass is 188 g/mol. The van der Waals surface area contributed by atoms with Crippen LogP contribution in [0.25, 0.3) is 0 Å². The van der Waals surface area contributed by atoms with E-state index in [4.69, 9.17) is 11.6 Å². The van der Waals surface area contributed by atoms with E-state index in [0.29, 0.717) is 5.02 Å². The molecule has 0 spiro atoms. The van der Waals surface area contributed by atoms with Crippen LogP contribution in [0.3, 0.4) is 0 Å². The molecule has 0 heterocycles. The molecule has 60 valence electrons. The molecule has 1 rings (SSSR count). The van der Waals surface area contributed by atoms with Crippen LogP contribution in [-0.4, -0.2) is 10.2 Å². The van der Waals surface area contributed by atoms with E-state index in [9.17, 15) is 4.39 Å². The quantitative estimate of drug-likeness (QED) is 0.622. The van der Waals surface area contributed by atoms with Gasteiger partial charge >= 0.3 is 0 Å². The van der Waals surface area contributed by atoms with E-state index in [0.717, 1.165) is 28.3 Å². The predicted molar refractivity (Wildman–Crippen MR) is 49.9 cm³/mol. The lowest BCUT2D eigenvalue weighted by atomic mass is 10.1. The maximum absolute atomic E-state index is 12.9. The summed E-state index contributed by atoms with van der Waals surface area (Å²) >= 11 is 5.70. The van der Waals surface area contributed by atoms with Crippen LogP contribution in [0.2, 0.25) is 11.1 Å². The first-order valence-electron chi connectivity index (χ1n) is 3.68. The highest BCUT2D eigenvalue weighted by Crippen LogP contribution is 2.15. The van der Waals surface area contributed by atoms with Gasteiger partial charge in [-0.15, -0.1) is 0 Å². The summed E-state index contributed by atoms with van der Waals surface area (Å²) in [6.45, 7) is 0. The van der Waals surface area contributed by atoms with Gasteiger partial charge in [0.05, 0.1) is 0 Å². The molecular formula is C8H10ClFSi. The van der Waals surface area contributed by atoms with Crippen molar-refractivity contribution in [2.24, 2.45) is 0 Å². The molecule has 0 saturated carbocycles. The van der Waals surface area contributed by atoms with Crippen molar-refractivity contribution in [2.75, 3.05) is 0 Å². The number of hydrogen-bond acceptors (Lipinski definition) is 0. The average Bonchev–Trinajstić information content (AvgIpc) is 1.98. The number of aryl methyl sites for hydroxylation is 1. The molecular weight excluding hydrogens is 179 g/mol. The largest absolute Gasteiger partial charge is 0.207 e. The Balaban J connectivity index is 2.93. The zero-order valence-electron chi connectivity index (χ0n) is 6.40. The molecule has 0 saturated heterocycles. The van der Waals surface area contributed by atoms with Crippen molar-refractivity contribution in [3.8, 4) is 0 Å². The third-order valence-corrected chi connectivity index (χ3v) is 2.26. The molecule has 0 fully saturated rings. The Morgan fingerprint density at radius 2 is 2.18 bits per heavy atom. The van der Waals surface area contributed by atoms with Crippen LogP contribution in [0.1, 0.15) is 5.56 Å². The summed E-state index contributed by atoms with van der Waals surface area (Å²) in [6.07, 6.45) is 0.818. The first-order valence-corrected chi connectivity index (χ1v) is 5.47. The Bertz CT molecular complexity index is 250. The third kappa shape index (κ3) is 2.31. The highest BCUT2D eigenvalue weighted by molar-refractivity contribution is 6.30. The molecule has 11 heavy (non-hydrogen) atoms. The van der Waals surface area contributed by atoms with E-state index in [1.165, 1.54) is 6.07 Å². The van der Waals surface area contributed by atoms with E-state index in [2.05, 4.69) is 0 Å². The summed E-state index contributed by atoms with van der Waals surface area (Å²) in [6, 6.07) is 5.79. The van der Waals surface area contributed by atoms with Crippen molar-refractivity contribution in [2.45, 2.75) is 12.5 Å². The van der Waals surface area contributed by atoms with Gasteiger partial charge in [-0.05, 0) is 30.2 Å². The van der Waals surface area contributed by atoms with Crippen LogP contribution in [0.5, 0.6) is 0 Å². The minimum Gasteiger partial charge on any atom is -0.207 e. The number of hydrogen-bond donors (Lipinski definition) is 0. The van der Waals surface area contributed by atoms with Crippen LogP contribution in [0.4, 0.5) is 4.39 Å². The molecule has 0 bridgehead atoms. The smallest absolute Gasteiger partial charge is 0.126 e. The lowest BCUT2D eigenvalue weighted by molar-refractivity contribution is 0.612. The van der Waals surface area contributed by atoms with Gasteiger partial charge in [-0.2, -0.15) is 0 Å². The molecule has 3 heteroatoms. The van der Waals surface area contributed by atoms with Gasteiger partial charge in [-0.25, -0.2) is 4.39 Å². The summed E-state index contributed by atoms with van der Waals surface area (Å²) in [5.74, 6) is -0.134. The summed E-state index contributed by atoms with van der Waals surface area (Å²) in [7, 11) is 1.11. The topological polar surface area (TPSA) is 0 Å². The molecule has 0 nitrogen and oxygen atoms in total. The van der Waals surface area contributed by atoms with Crippen molar-refractivity contribution in [1.82, 2.24) is 0 Å². The highest BCUT2D eigenvalue weighted by Gasteiger charge is 2.00. The maximum atomic E-state index is 12.9. The third-order valence-electron chi connectivity index (χ3n) is 1.53. The van der Waals surface area contributed by atoms with Gasteiger partial charge in [0, 0.05) is 15.3 Å². The number of halogens is 2. The van der Waals surface area contributed by atoms with Crippen molar-refractivity contribution < 1.29 is 4.39 Å². The average molecular weight is 189 g/mol. The van der Waals surface area contributed by atoms with Crippen LogP contribution >= 0.6 is 11.6 Å². The van der Waals surface area contributed by atoms with Gasteiger partial charge in [-0.1, -0.05) is 17.6 Å². The van der Waals surface area contributed by atoms with Crippen molar-refractivity contribution in [3.05, 3.63) is 34.6 Å². The maximum Gasteiger partial charge on any atom is 0.126 e. The van der Waals surface area contributed by atoms with Crippen LogP contribution < -0.4 is 0 Å². The molecule has 0 aliphatic heterocycles. The van der Waals surface area contributed by atoms with E-state index in [1.54, 1.807) is 12.1 Å². The molecule has 0 aliphatic rings. The zero-order chi connectivity index (χ0) is 8.27. The molecule has 0 radical (unpaired) electrons. The fraction of sp³-hybridized carbons (Fsp3) is 0.250. The van der Waals surface area contributed by atoms with Gasteiger partial charge in [0.15, 0.2) is 0 Å². The molecule has 0 aromatic heterocycles. The molecule has 0 aliphatic carbocycles. The number of rotatable bonds is 2. The normalized spacial score (nSPS) is 10.4. The van der Waals surface area contributed by atoms with Crippen LogP contribution in [-0.2, 0) is 6.42 Å². The zero-order valence-corrected chi connectivity index (χ0v) is 9.16. The molecule has 0 unspecified atom stereocenters. The first-order chi connectivity index (χ1) is 5.24. The SMILES string of the molecule is Fc1ccc(Cl)cc1CC[SiH3]. The minimum absolute atomic E-state index is 0.134. The van der Waals surface area contributed by atoms with Crippen molar-refractivity contribution >= 4 is 21.8 Å². The number of benzene rings is 1. The molecule has 1 aromatic rings. The fourth-order valence-corrected chi connectivity index (χ4v) is 1.74. The van der Waals surface area contributed by atoms with E-state index >= 15 is 0 Å². The molecule has 0 N–H and O–H groups in total. The van der Waals surface area contributed by atoms with E-state index in [-0.39, 0.29) is 5.82 Å². The predicted octanol–water partition coefficient (Wildman–Crippen LogP) is 1.81. The molecule has 0 amide bonds. The van der Waals surface area contributed by atoms with E-state index in [1.807, 2.05) is 0 Å². The lowest BCUT2D eigenvalue weighted by Gasteiger charge is -2.00. The second-order valence-electron chi connectivity index (χ2n) is 2.49. The standard InChI is InChI=1S/C8H10ClFSi/c9-7-1-2-8(10)6(5-7)3-4-11/h1-2,5H,3-4H2,11H3. The Labute approximate surface area is 73.8 Å². The highest BCUT2D eigenvalue weighted by atomic mass is 35.5. The Kier molecular flexibility index (Phi) is 3.09. The second kappa shape index (κ2) is 3.88. The van der Waals surface area contributed by atoms with Gasteiger partial charge in [0.1, 0.15) is 5.82 Å². The summed E-state index contributed by atoms with van der Waals surface area (Å²) in [5.41, 5.74) is 0.743. The minimum atomic E-state index is -0.134. The summed E-state index contributed by atoms with van der Waals surface area (Å²) in [5, 5.41) is 0.622. The molecule has 0 atom stereocenters. The lowest BCUT2D eigenvalue weighted by Crippen LogP contribution is -1.89. The summed E-state index contributed by atoms with van der Waals surface area (Å²) < 4.78 is 12.9. The van der Waals surface area contributed by atoms with Gasteiger partial charge < -0.3 is 0 Å². The fourth-order valence-electron chi connectivity index (χ4n) is 1.00. The van der Waals surface area contributed by atoms with Crippen LogP contribution in [0.15, 0.2) is 18.2 Å². The van der Waals surface area contributed by atoms with Gasteiger partial charge in [-0.3, -0.25) is 0 Å². The van der Waals surface area contributed by atoms with Crippen molar-refractivity contribution in [1.29, 1.82) is 0 Å². The second-order valence-corrected chi connectivity index (χ2v) is 3.92. The first kappa shape index (κ1) is 8.75. The van der Waals surface area contributed by atoms with Gasteiger partial charge in [0.25, 0.3) is 0 Å². The van der Waals surface area contributed by atoms with Crippen LogP contribution in [0, 0.1) is 5.82 Å². The Morgan fingerprint density at radius 3 is 2.82 bits per heavy atom. The molecule has 1 aromatic carbocycles. The summed E-state index contributed by atoms with van der Waals surface area (Å²) in [4.78, 5) is 0. The Hall–Kier alpha value is -0.343. The Morgan fingerprint density at radius 1 is 1.45 bits per heavy atom. The van der Waals surface area contributed by atoms with Crippen molar-refractivity contribution in [3.63, 3.8) is 0 Å². The van der Waals surface area contributed by atoms with E-state index < -0.39 is 0 Å². The van der Waals surface area contributed by atoms with Gasteiger partial charge in [0.2, 0.25) is 0 Å².